The number of rotatable bonds is 4. The Bertz CT molecular complexity index is 629. The minimum absolute atomic E-state index is 0.0119. The second-order valence-corrected chi connectivity index (χ2v) is 6.61. The predicted octanol–water partition coefficient (Wildman–Crippen LogP) is 2.38. The molecule has 1 saturated heterocycles. The zero-order valence-electron chi connectivity index (χ0n) is 12.7. The van der Waals surface area contributed by atoms with Gasteiger partial charge in [-0.25, -0.2) is 9.97 Å². The molecule has 0 saturated carbocycles. The number of thiophene rings is 1. The van der Waals surface area contributed by atoms with Gasteiger partial charge in [-0.3, -0.25) is 4.79 Å². The first kappa shape index (κ1) is 15.0. The fraction of sp³-hybridized carbons (Fsp3) is 0.438. The van der Waals surface area contributed by atoms with E-state index in [1.54, 1.807) is 17.5 Å². The van der Waals surface area contributed by atoms with Crippen molar-refractivity contribution >= 4 is 23.2 Å². The maximum atomic E-state index is 12.4. The number of carbonyl (C=O) groups is 1. The third-order valence-corrected chi connectivity index (χ3v) is 4.75. The van der Waals surface area contributed by atoms with Crippen LogP contribution in [0.2, 0.25) is 0 Å². The standard InChI is InChI=1S/C16H20N4OS/c1-12-6-7-17-16(19-12)20-8-2-4-13(11-20)15(21)18-10-14-5-3-9-22-14/h3,5-7,9,13H,2,4,8,10-11H2,1H3,(H,18,21)/t13-/m1/s1. The van der Waals surface area contributed by atoms with E-state index in [1.165, 1.54) is 4.88 Å². The highest BCUT2D eigenvalue weighted by atomic mass is 32.1. The van der Waals surface area contributed by atoms with Crippen LogP contribution in [-0.2, 0) is 11.3 Å². The molecule has 2 aromatic rings. The summed E-state index contributed by atoms with van der Waals surface area (Å²) in [6.07, 6.45) is 3.70. The molecule has 1 aliphatic rings. The Hall–Kier alpha value is -1.95. The van der Waals surface area contributed by atoms with Gasteiger partial charge >= 0.3 is 0 Å². The van der Waals surface area contributed by atoms with E-state index in [0.29, 0.717) is 13.1 Å². The van der Waals surface area contributed by atoms with Crippen LogP contribution in [0.15, 0.2) is 29.8 Å². The zero-order chi connectivity index (χ0) is 15.4. The molecular weight excluding hydrogens is 296 g/mol. The van der Waals surface area contributed by atoms with Crippen LogP contribution in [0, 0.1) is 12.8 Å². The van der Waals surface area contributed by atoms with Crippen molar-refractivity contribution in [3.63, 3.8) is 0 Å². The largest absolute Gasteiger partial charge is 0.351 e. The van der Waals surface area contributed by atoms with Gasteiger partial charge in [0.2, 0.25) is 11.9 Å². The van der Waals surface area contributed by atoms with Gasteiger partial charge in [-0.05, 0) is 37.3 Å². The Balaban J connectivity index is 1.59. The number of hydrogen-bond donors (Lipinski definition) is 1. The summed E-state index contributed by atoms with van der Waals surface area (Å²) in [6, 6.07) is 5.93. The van der Waals surface area contributed by atoms with E-state index in [4.69, 9.17) is 0 Å². The summed E-state index contributed by atoms with van der Waals surface area (Å²) in [7, 11) is 0. The van der Waals surface area contributed by atoms with Gasteiger partial charge in [0.05, 0.1) is 12.5 Å². The quantitative estimate of drug-likeness (QED) is 0.941. The highest BCUT2D eigenvalue weighted by Crippen LogP contribution is 2.20. The van der Waals surface area contributed by atoms with Gasteiger partial charge in [0.15, 0.2) is 0 Å². The molecule has 0 spiro atoms. The lowest BCUT2D eigenvalue weighted by Crippen LogP contribution is -2.43. The number of hydrogen-bond acceptors (Lipinski definition) is 5. The fourth-order valence-corrected chi connectivity index (χ4v) is 3.34. The van der Waals surface area contributed by atoms with Crippen molar-refractivity contribution in [2.75, 3.05) is 18.0 Å². The molecular formula is C16H20N4OS. The first-order valence-corrected chi connectivity index (χ1v) is 8.45. The van der Waals surface area contributed by atoms with Gasteiger partial charge in [-0.1, -0.05) is 6.07 Å². The highest BCUT2D eigenvalue weighted by Gasteiger charge is 2.27. The third kappa shape index (κ3) is 3.62. The first-order valence-electron chi connectivity index (χ1n) is 7.57. The van der Waals surface area contributed by atoms with Gasteiger partial charge in [0.1, 0.15) is 0 Å². The Labute approximate surface area is 134 Å². The average molecular weight is 316 g/mol. The Morgan fingerprint density at radius 3 is 3.18 bits per heavy atom. The monoisotopic (exact) mass is 316 g/mol. The summed E-state index contributed by atoms with van der Waals surface area (Å²) in [6.45, 7) is 4.19. The maximum Gasteiger partial charge on any atom is 0.225 e. The molecule has 5 nitrogen and oxygen atoms in total. The molecule has 6 heteroatoms. The van der Waals surface area contributed by atoms with Crippen LogP contribution in [0.3, 0.4) is 0 Å². The average Bonchev–Trinajstić information content (AvgIpc) is 3.06. The molecule has 0 bridgehead atoms. The van der Waals surface area contributed by atoms with Crippen LogP contribution in [0.4, 0.5) is 5.95 Å². The van der Waals surface area contributed by atoms with Crippen molar-refractivity contribution < 1.29 is 4.79 Å². The molecule has 1 aliphatic heterocycles. The number of aryl methyl sites for hydroxylation is 1. The Morgan fingerprint density at radius 1 is 1.50 bits per heavy atom. The van der Waals surface area contributed by atoms with Crippen molar-refractivity contribution in [2.24, 2.45) is 5.92 Å². The molecule has 0 radical (unpaired) electrons. The minimum atomic E-state index is 0.0119. The number of aromatic nitrogens is 2. The Kier molecular flexibility index (Phi) is 4.68. The van der Waals surface area contributed by atoms with E-state index in [9.17, 15) is 4.79 Å². The molecule has 22 heavy (non-hydrogen) atoms. The van der Waals surface area contributed by atoms with Crippen molar-refractivity contribution in [1.82, 2.24) is 15.3 Å². The maximum absolute atomic E-state index is 12.4. The highest BCUT2D eigenvalue weighted by molar-refractivity contribution is 7.09. The fourth-order valence-electron chi connectivity index (χ4n) is 2.69. The van der Waals surface area contributed by atoms with Crippen molar-refractivity contribution in [3.8, 4) is 0 Å². The number of amides is 1. The molecule has 0 unspecified atom stereocenters. The molecule has 1 atom stereocenters. The van der Waals surface area contributed by atoms with Crippen LogP contribution in [0.1, 0.15) is 23.4 Å². The number of nitrogens with zero attached hydrogens (tertiary/aromatic N) is 3. The summed E-state index contributed by atoms with van der Waals surface area (Å²) in [4.78, 5) is 24.5. The molecule has 0 aromatic carbocycles. The van der Waals surface area contributed by atoms with Crippen molar-refractivity contribution in [1.29, 1.82) is 0 Å². The van der Waals surface area contributed by atoms with E-state index in [2.05, 4.69) is 20.2 Å². The summed E-state index contributed by atoms with van der Waals surface area (Å²) in [5.74, 6) is 0.874. The molecule has 1 amide bonds. The molecule has 3 heterocycles. The van der Waals surface area contributed by atoms with Crippen LogP contribution < -0.4 is 10.2 Å². The number of anilines is 1. The van der Waals surface area contributed by atoms with Crippen molar-refractivity contribution in [2.45, 2.75) is 26.3 Å². The molecule has 0 aliphatic carbocycles. The van der Waals surface area contributed by atoms with Crippen LogP contribution in [0.25, 0.3) is 0 Å². The van der Waals surface area contributed by atoms with Gasteiger partial charge in [0, 0.05) is 29.9 Å². The van der Waals surface area contributed by atoms with Crippen LogP contribution in [0.5, 0.6) is 0 Å². The van der Waals surface area contributed by atoms with Gasteiger partial charge in [0.25, 0.3) is 0 Å². The number of nitrogens with one attached hydrogen (secondary N) is 1. The second-order valence-electron chi connectivity index (χ2n) is 5.58. The van der Waals surface area contributed by atoms with E-state index >= 15 is 0 Å². The SMILES string of the molecule is Cc1ccnc(N2CCC[C@@H](C(=O)NCc3cccs3)C2)n1. The topological polar surface area (TPSA) is 58.1 Å². The second kappa shape index (κ2) is 6.87. The third-order valence-electron chi connectivity index (χ3n) is 3.87. The molecule has 1 fully saturated rings. The normalized spacial score (nSPS) is 18.2. The van der Waals surface area contributed by atoms with E-state index < -0.39 is 0 Å². The summed E-state index contributed by atoms with van der Waals surface area (Å²) < 4.78 is 0. The van der Waals surface area contributed by atoms with Gasteiger partial charge in [-0.2, -0.15) is 0 Å². The molecule has 3 rings (SSSR count). The van der Waals surface area contributed by atoms with Crippen LogP contribution in [-0.4, -0.2) is 29.0 Å². The number of piperidine rings is 1. The molecule has 1 N–H and O–H groups in total. The van der Waals surface area contributed by atoms with Gasteiger partial charge in [-0.15, -0.1) is 11.3 Å². The lowest BCUT2D eigenvalue weighted by atomic mass is 9.97. The predicted molar refractivity (Wildman–Crippen MR) is 87.9 cm³/mol. The van der Waals surface area contributed by atoms with E-state index in [0.717, 1.165) is 31.0 Å². The first-order chi connectivity index (χ1) is 10.7. The molecule has 116 valence electrons. The van der Waals surface area contributed by atoms with Crippen LogP contribution >= 0.6 is 11.3 Å². The van der Waals surface area contributed by atoms with E-state index in [-0.39, 0.29) is 11.8 Å². The molecule has 2 aromatic heterocycles. The zero-order valence-corrected chi connectivity index (χ0v) is 13.5. The number of carbonyl (C=O) groups excluding carboxylic acids is 1. The minimum Gasteiger partial charge on any atom is -0.351 e. The summed E-state index contributed by atoms with van der Waals surface area (Å²) >= 11 is 1.67. The summed E-state index contributed by atoms with van der Waals surface area (Å²) in [5.41, 5.74) is 0.953. The van der Waals surface area contributed by atoms with Gasteiger partial charge < -0.3 is 10.2 Å². The Morgan fingerprint density at radius 2 is 2.41 bits per heavy atom. The van der Waals surface area contributed by atoms with Crippen molar-refractivity contribution in [3.05, 3.63) is 40.3 Å². The summed E-state index contributed by atoms with van der Waals surface area (Å²) in [5, 5.41) is 5.07. The smallest absolute Gasteiger partial charge is 0.225 e. The van der Waals surface area contributed by atoms with E-state index in [1.807, 2.05) is 30.5 Å². The lowest BCUT2D eigenvalue weighted by molar-refractivity contribution is -0.125. The lowest BCUT2D eigenvalue weighted by Gasteiger charge is -2.32.